The van der Waals surface area contributed by atoms with Crippen LogP contribution in [0.3, 0.4) is 0 Å². The van der Waals surface area contributed by atoms with Gasteiger partial charge >= 0.3 is 5.97 Å². The van der Waals surface area contributed by atoms with E-state index >= 15 is 0 Å². The molecule has 25 heavy (non-hydrogen) atoms. The summed E-state index contributed by atoms with van der Waals surface area (Å²) in [6.45, 7) is 0. The lowest BCUT2D eigenvalue weighted by molar-refractivity contribution is -0.141. The van der Waals surface area contributed by atoms with Crippen LogP contribution >= 0.6 is 0 Å². The average molecular weight is 341 g/mol. The van der Waals surface area contributed by atoms with E-state index in [2.05, 4.69) is 10.2 Å². The first-order chi connectivity index (χ1) is 12.1. The minimum Gasteiger partial charge on any atom is -0.480 e. The van der Waals surface area contributed by atoms with Gasteiger partial charge in [-0.15, -0.1) is 0 Å². The summed E-state index contributed by atoms with van der Waals surface area (Å²) in [6, 6.07) is 5.84. The number of aromatic nitrogens is 2. The minimum atomic E-state index is -1.01. The van der Waals surface area contributed by atoms with E-state index in [1.54, 1.807) is 24.3 Å². The first-order valence-corrected chi connectivity index (χ1v) is 8.61. The van der Waals surface area contributed by atoms with Gasteiger partial charge < -0.3 is 10.0 Å². The lowest BCUT2D eigenvalue weighted by Gasteiger charge is -2.32. The fraction of sp³-hybridized carbons (Fsp3) is 0.444. The van der Waals surface area contributed by atoms with Crippen LogP contribution in [0.4, 0.5) is 0 Å². The normalized spacial score (nSPS) is 25.8. The van der Waals surface area contributed by atoms with Gasteiger partial charge in [-0.05, 0) is 37.3 Å². The van der Waals surface area contributed by atoms with E-state index < -0.39 is 23.3 Å². The molecule has 7 heteroatoms. The Kier molecular flexibility index (Phi) is 3.78. The van der Waals surface area contributed by atoms with Gasteiger partial charge in [-0.25, -0.2) is 4.79 Å². The van der Waals surface area contributed by atoms with Gasteiger partial charge in [-0.1, -0.05) is 25.0 Å². The third-order valence-corrected chi connectivity index (χ3v) is 5.49. The van der Waals surface area contributed by atoms with Gasteiger partial charge in [0, 0.05) is 11.4 Å². The highest BCUT2D eigenvalue weighted by Gasteiger charge is 2.48. The molecule has 2 heterocycles. The van der Waals surface area contributed by atoms with Gasteiger partial charge in [0.15, 0.2) is 5.69 Å². The predicted molar refractivity (Wildman–Crippen MR) is 90.3 cm³/mol. The first-order valence-electron chi connectivity index (χ1n) is 8.61. The lowest BCUT2D eigenvalue weighted by atomic mass is 9.84. The van der Waals surface area contributed by atoms with Gasteiger partial charge in [0.25, 0.3) is 5.91 Å². The number of likely N-dealkylation sites (tertiary alicyclic amines) is 1. The molecule has 0 unspecified atom stereocenters. The van der Waals surface area contributed by atoms with E-state index in [0.29, 0.717) is 17.3 Å². The molecule has 130 valence electrons. The summed E-state index contributed by atoms with van der Waals surface area (Å²) < 4.78 is 0. The van der Waals surface area contributed by atoms with Crippen molar-refractivity contribution in [3.63, 3.8) is 0 Å². The Bertz CT molecular complexity index is 907. The van der Waals surface area contributed by atoms with Gasteiger partial charge in [0.1, 0.15) is 6.04 Å². The molecule has 1 aliphatic heterocycles. The number of carboxylic acid groups (broad SMARTS) is 1. The van der Waals surface area contributed by atoms with Crippen molar-refractivity contribution in [2.45, 2.75) is 44.2 Å². The number of aliphatic carboxylic acids is 1. The van der Waals surface area contributed by atoms with E-state index in [1.807, 2.05) is 0 Å². The number of hydrogen-bond donors (Lipinski definition) is 2. The number of carboxylic acids is 1. The topological polar surface area (TPSA) is 103 Å². The number of nitrogens with zero attached hydrogens (tertiary/aromatic N) is 2. The number of carbonyl (C=O) groups excluding carboxylic acids is 1. The summed E-state index contributed by atoms with van der Waals surface area (Å²) in [5.41, 5.74) is -0.130. The standard InChI is InChI=1S/C18H19N3O4/c22-16-11-6-2-3-7-12(11)19-20-15(16)17(23)21-13-8-4-1-5-10(13)9-14(21)18(24)25/h2-3,6-7,10,13-14H,1,4-5,8-9H2,(H,19,22)(H,24,25)/t10-,13-,14+/m1/s1. The van der Waals surface area contributed by atoms with E-state index in [0.717, 1.165) is 25.7 Å². The molecule has 3 atom stereocenters. The van der Waals surface area contributed by atoms with Crippen LogP contribution in [-0.4, -0.2) is 44.2 Å². The van der Waals surface area contributed by atoms with Crippen molar-refractivity contribution < 1.29 is 14.7 Å². The Morgan fingerprint density at radius 3 is 2.76 bits per heavy atom. The molecule has 2 aliphatic rings. The second-order valence-corrected chi connectivity index (χ2v) is 6.86. The predicted octanol–water partition coefficient (Wildman–Crippen LogP) is 1.78. The summed E-state index contributed by atoms with van der Waals surface area (Å²) in [7, 11) is 0. The largest absolute Gasteiger partial charge is 0.480 e. The molecule has 0 spiro atoms. The fourth-order valence-electron chi connectivity index (χ4n) is 4.31. The molecule has 0 radical (unpaired) electrons. The molecular formula is C18H19N3O4. The van der Waals surface area contributed by atoms with Gasteiger partial charge in [-0.2, -0.15) is 5.10 Å². The fourth-order valence-corrected chi connectivity index (χ4v) is 4.31. The van der Waals surface area contributed by atoms with Crippen LogP contribution < -0.4 is 5.43 Å². The molecule has 1 aromatic heterocycles. The van der Waals surface area contributed by atoms with E-state index in [1.165, 1.54) is 4.90 Å². The van der Waals surface area contributed by atoms with Crippen LogP contribution in [-0.2, 0) is 4.79 Å². The zero-order chi connectivity index (χ0) is 17.6. The van der Waals surface area contributed by atoms with Crippen molar-refractivity contribution in [3.05, 3.63) is 40.2 Å². The molecule has 0 bridgehead atoms. The molecule has 2 aromatic rings. The number of benzene rings is 1. The highest BCUT2D eigenvalue weighted by molar-refractivity contribution is 5.97. The van der Waals surface area contributed by atoms with Crippen LogP contribution in [0.5, 0.6) is 0 Å². The maximum absolute atomic E-state index is 13.1. The summed E-state index contributed by atoms with van der Waals surface area (Å²) in [6.07, 6.45) is 4.20. The molecule has 1 aromatic carbocycles. The van der Waals surface area contributed by atoms with Gasteiger partial charge in [0.2, 0.25) is 5.43 Å². The SMILES string of the molecule is O=C(O)[C@@H]1C[C@H]2CCCC[C@H]2N1C(=O)c1n[nH]c2ccccc2c1=O. The van der Waals surface area contributed by atoms with Crippen molar-refractivity contribution >= 4 is 22.8 Å². The maximum Gasteiger partial charge on any atom is 0.326 e. The molecule has 1 amide bonds. The Morgan fingerprint density at radius 2 is 1.96 bits per heavy atom. The van der Waals surface area contributed by atoms with Crippen molar-refractivity contribution in [2.75, 3.05) is 0 Å². The van der Waals surface area contributed by atoms with Crippen LogP contribution in [0.25, 0.3) is 10.9 Å². The molecule has 1 saturated heterocycles. The Morgan fingerprint density at radius 1 is 1.20 bits per heavy atom. The van der Waals surface area contributed by atoms with Crippen molar-refractivity contribution in [2.24, 2.45) is 5.92 Å². The number of rotatable bonds is 2. The quantitative estimate of drug-likeness (QED) is 0.866. The monoisotopic (exact) mass is 341 g/mol. The lowest BCUT2D eigenvalue weighted by Crippen LogP contribution is -2.47. The Labute approximate surface area is 143 Å². The van der Waals surface area contributed by atoms with Gasteiger partial charge in [0.05, 0.1) is 5.52 Å². The summed E-state index contributed by atoms with van der Waals surface area (Å²) >= 11 is 0. The van der Waals surface area contributed by atoms with E-state index in [9.17, 15) is 19.5 Å². The molecule has 1 saturated carbocycles. The summed E-state index contributed by atoms with van der Waals surface area (Å²) in [4.78, 5) is 38.8. The first kappa shape index (κ1) is 15.8. The third kappa shape index (κ3) is 2.50. The van der Waals surface area contributed by atoms with Crippen LogP contribution in [0, 0.1) is 5.92 Å². The number of nitrogens with one attached hydrogen (secondary N) is 1. The van der Waals surface area contributed by atoms with E-state index in [-0.39, 0.29) is 17.7 Å². The molecule has 4 rings (SSSR count). The number of amides is 1. The molecule has 2 fully saturated rings. The highest BCUT2D eigenvalue weighted by atomic mass is 16.4. The maximum atomic E-state index is 13.1. The number of para-hydroxylation sites is 1. The smallest absolute Gasteiger partial charge is 0.326 e. The summed E-state index contributed by atoms with van der Waals surface area (Å²) in [5.74, 6) is -1.40. The van der Waals surface area contributed by atoms with Crippen molar-refractivity contribution in [3.8, 4) is 0 Å². The Balaban J connectivity index is 1.77. The highest BCUT2D eigenvalue weighted by Crippen LogP contribution is 2.40. The van der Waals surface area contributed by atoms with E-state index in [4.69, 9.17) is 0 Å². The molecule has 1 aliphatic carbocycles. The zero-order valence-electron chi connectivity index (χ0n) is 13.6. The van der Waals surface area contributed by atoms with Gasteiger partial charge in [-0.3, -0.25) is 14.7 Å². The van der Waals surface area contributed by atoms with Crippen molar-refractivity contribution in [1.82, 2.24) is 15.1 Å². The number of carbonyl (C=O) groups is 2. The third-order valence-electron chi connectivity index (χ3n) is 5.49. The second kappa shape index (κ2) is 5.98. The second-order valence-electron chi connectivity index (χ2n) is 6.86. The van der Waals surface area contributed by atoms with Crippen LogP contribution in [0.1, 0.15) is 42.6 Å². The number of fused-ring (bicyclic) bond motifs is 2. The molecule has 7 nitrogen and oxygen atoms in total. The number of hydrogen-bond acceptors (Lipinski definition) is 4. The van der Waals surface area contributed by atoms with Crippen molar-refractivity contribution in [1.29, 1.82) is 0 Å². The minimum absolute atomic E-state index is 0.116. The zero-order valence-corrected chi connectivity index (χ0v) is 13.6. The van der Waals surface area contributed by atoms with Crippen LogP contribution in [0.15, 0.2) is 29.1 Å². The van der Waals surface area contributed by atoms with Crippen LogP contribution in [0.2, 0.25) is 0 Å². The Hall–Kier alpha value is -2.70. The molecule has 2 N–H and O–H groups in total. The number of aromatic amines is 1. The summed E-state index contributed by atoms with van der Waals surface area (Å²) in [5, 5.41) is 16.6. The number of H-pyrrole nitrogens is 1. The molecular weight excluding hydrogens is 322 g/mol. The average Bonchev–Trinajstić information content (AvgIpc) is 3.01.